The molecule has 1 amide bonds. The van der Waals surface area contributed by atoms with Crippen LogP contribution in [-0.2, 0) is 6.54 Å². The molecule has 0 saturated carbocycles. The zero-order chi connectivity index (χ0) is 20.2. The Morgan fingerprint density at radius 3 is 2.72 bits per heavy atom. The number of nitrogens with zero attached hydrogens (tertiary/aromatic N) is 4. The van der Waals surface area contributed by atoms with Crippen LogP contribution in [0.4, 0.5) is 4.39 Å². The summed E-state index contributed by atoms with van der Waals surface area (Å²) in [6.45, 7) is 5.50. The van der Waals surface area contributed by atoms with E-state index in [2.05, 4.69) is 15.0 Å². The van der Waals surface area contributed by atoms with Crippen LogP contribution in [0.2, 0.25) is 0 Å². The van der Waals surface area contributed by atoms with E-state index in [4.69, 9.17) is 4.52 Å². The molecule has 0 atom stereocenters. The van der Waals surface area contributed by atoms with Crippen LogP contribution < -0.4 is 0 Å². The molecule has 0 radical (unpaired) electrons. The lowest BCUT2D eigenvalue weighted by Gasteiger charge is -2.21. The lowest BCUT2D eigenvalue weighted by Crippen LogP contribution is -2.35. The number of hydrogen-bond acceptors (Lipinski definition) is 5. The fraction of sp³-hybridized carbons (Fsp3) is 0.318. The normalized spacial score (nSPS) is 15.3. The van der Waals surface area contributed by atoms with Crippen LogP contribution in [0.3, 0.4) is 0 Å². The number of aryl methyl sites for hydroxylation is 1. The van der Waals surface area contributed by atoms with E-state index >= 15 is 0 Å². The van der Waals surface area contributed by atoms with E-state index in [-0.39, 0.29) is 11.7 Å². The van der Waals surface area contributed by atoms with Crippen LogP contribution in [0.5, 0.6) is 0 Å². The molecule has 6 nitrogen and oxygen atoms in total. The second-order valence-corrected chi connectivity index (χ2v) is 7.31. The van der Waals surface area contributed by atoms with Crippen LogP contribution in [0.25, 0.3) is 11.4 Å². The molecule has 2 heterocycles. The minimum Gasteiger partial charge on any atom is -0.338 e. The molecular formula is C22H23FN4O2. The van der Waals surface area contributed by atoms with Gasteiger partial charge in [-0.25, -0.2) is 4.39 Å². The first kappa shape index (κ1) is 19.3. The predicted octanol–water partition coefficient (Wildman–Crippen LogP) is 3.53. The quantitative estimate of drug-likeness (QED) is 0.677. The lowest BCUT2D eigenvalue weighted by atomic mass is 10.1. The van der Waals surface area contributed by atoms with Crippen molar-refractivity contribution in [1.29, 1.82) is 0 Å². The van der Waals surface area contributed by atoms with Crippen LogP contribution in [0, 0.1) is 12.7 Å². The summed E-state index contributed by atoms with van der Waals surface area (Å²) >= 11 is 0. The zero-order valence-electron chi connectivity index (χ0n) is 16.3. The number of amides is 1. The molecule has 1 aliphatic heterocycles. The molecular weight excluding hydrogens is 371 g/mol. The molecule has 0 spiro atoms. The van der Waals surface area contributed by atoms with Crippen molar-refractivity contribution in [2.24, 2.45) is 0 Å². The average Bonchev–Trinajstić information content (AvgIpc) is 3.06. The molecule has 0 unspecified atom stereocenters. The molecule has 2 aromatic carbocycles. The lowest BCUT2D eigenvalue weighted by molar-refractivity contribution is 0.0760. The van der Waals surface area contributed by atoms with Gasteiger partial charge in [-0.05, 0) is 49.7 Å². The molecule has 1 aliphatic rings. The van der Waals surface area contributed by atoms with E-state index in [0.29, 0.717) is 30.4 Å². The van der Waals surface area contributed by atoms with Gasteiger partial charge in [0.1, 0.15) is 5.82 Å². The Morgan fingerprint density at radius 2 is 1.93 bits per heavy atom. The fourth-order valence-corrected chi connectivity index (χ4v) is 3.52. The third-order valence-electron chi connectivity index (χ3n) is 5.07. The van der Waals surface area contributed by atoms with Crippen molar-refractivity contribution in [3.05, 3.63) is 71.4 Å². The Hall–Kier alpha value is -3.06. The topological polar surface area (TPSA) is 62.5 Å². The van der Waals surface area contributed by atoms with Gasteiger partial charge in [-0.15, -0.1) is 0 Å². The standard InChI is InChI=1S/C22H23FN4O2/c1-16-4-2-5-18(14-16)22(28)27-11-3-10-26(12-13-27)15-20-24-21(25-29-20)17-6-8-19(23)9-7-17/h2,4-9,14H,3,10-13,15H2,1H3. The Kier molecular flexibility index (Phi) is 5.67. The third kappa shape index (κ3) is 4.68. The van der Waals surface area contributed by atoms with E-state index < -0.39 is 0 Å². The van der Waals surface area contributed by atoms with Crippen molar-refractivity contribution in [3.63, 3.8) is 0 Å². The van der Waals surface area contributed by atoms with E-state index in [1.807, 2.05) is 36.1 Å². The summed E-state index contributed by atoms with van der Waals surface area (Å²) < 4.78 is 18.4. The first-order chi connectivity index (χ1) is 14.1. The van der Waals surface area contributed by atoms with Crippen LogP contribution in [0.15, 0.2) is 53.1 Å². The summed E-state index contributed by atoms with van der Waals surface area (Å²) in [5, 5.41) is 4.00. The number of halogens is 1. The van der Waals surface area contributed by atoms with Gasteiger partial charge in [-0.3, -0.25) is 9.69 Å². The largest absolute Gasteiger partial charge is 0.338 e. The molecule has 0 N–H and O–H groups in total. The summed E-state index contributed by atoms with van der Waals surface area (Å²) in [7, 11) is 0. The van der Waals surface area contributed by atoms with E-state index in [1.165, 1.54) is 12.1 Å². The van der Waals surface area contributed by atoms with Crippen molar-refractivity contribution >= 4 is 5.91 Å². The van der Waals surface area contributed by atoms with Gasteiger partial charge < -0.3 is 9.42 Å². The molecule has 0 bridgehead atoms. The van der Waals surface area contributed by atoms with Crippen molar-refractivity contribution in [2.75, 3.05) is 26.2 Å². The Morgan fingerprint density at radius 1 is 1.10 bits per heavy atom. The molecule has 4 rings (SSSR count). The van der Waals surface area contributed by atoms with Crippen LogP contribution in [0.1, 0.15) is 28.2 Å². The first-order valence-electron chi connectivity index (χ1n) is 9.75. The molecule has 3 aromatic rings. The van der Waals surface area contributed by atoms with E-state index in [0.717, 1.165) is 37.2 Å². The molecule has 1 aromatic heterocycles. The maximum absolute atomic E-state index is 13.1. The van der Waals surface area contributed by atoms with Gasteiger partial charge in [-0.2, -0.15) is 4.98 Å². The van der Waals surface area contributed by atoms with Gasteiger partial charge in [0.25, 0.3) is 5.91 Å². The molecule has 1 saturated heterocycles. The molecule has 150 valence electrons. The van der Waals surface area contributed by atoms with Gasteiger partial charge in [-0.1, -0.05) is 22.9 Å². The molecule has 29 heavy (non-hydrogen) atoms. The number of hydrogen-bond donors (Lipinski definition) is 0. The average molecular weight is 394 g/mol. The maximum atomic E-state index is 13.1. The number of aromatic nitrogens is 2. The molecule has 1 fully saturated rings. The minimum atomic E-state index is -0.299. The molecule has 7 heteroatoms. The van der Waals surface area contributed by atoms with Crippen LogP contribution in [-0.4, -0.2) is 52.0 Å². The predicted molar refractivity (Wildman–Crippen MR) is 107 cm³/mol. The Labute approximate surface area is 168 Å². The highest BCUT2D eigenvalue weighted by Crippen LogP contribution is 2.18. The van der Waals surface area contributed by atoms with E-state index in [9.17, 15) is 9.18 Å². The van der Waals surface area contributed by atoms with Crippen molar-refractivity contribution in [1.82, 2.24) is 19.9 Å². The number of carbonyl (C=O) groups is 1. The van der Waals surface area contributed by atoms with Crippen LogP contribution >= 0.6 is 0 Å². The molecule has 0 aliphatic carbocycles. The SMILES string of the molecule is Cc1cccc(C(=O)N2CCCN(Cc3nc(-c4ccc(F)cc4)no3)CC2)c1. The smallest absolute Gasteiger partial charge is 0.253 e. The van der Waals surface area contributed by atoms with Gasteiger partial charge in [0.05, 0.1) is 6.54 Å². The number of rotatable bonds is 4. The van der Waals surface area contributed by atoms with Gasteiger partial charge in [0, 0.05) is 37.3 Å². The van der Waals surface area contributed by atoms with Crippen molar-refractivity contribution < 1.29 is 13.7 Å². The summed E-state index contributed by atoms with van der Waals surface area (Å²) in [5.41, 5.74) is 2.53. The first-order valence-corrected chi connectivity index (χ1v) is 9.75. The Balaban J connectivity index is 1.37. The monoisotopic (exact) mass is 394 g/mol. The van der Waals surface area contributed by atoms with Gasteiger partial charge in [0.15, 0.2) is 0 Å². The van der Waals surface area contributed by atoms with Gasteiger partial charge in [0.2, 0.25) is 11.7 Å². The number of carbonyl (C=O) groups excluding carboxylic acids is 1. The minimum absolute atomic E-state index is 0.0759. The van der Waals surface area contributed by atoms with E-state index in [1.54, 1.807) is 12.1 Å². The highest BCUT2D eigenvalue weighted by Gasteiger charge is 2.21. The Bertz CT molecular complexity index is 986. The summed E-state index contributed by atoms with van der Waals surface area (Å²) in [4.78, 5) is 21.3. The highest BCUT2D eigenvalue weighted by atomic mass is 19.1. The summed E-state index contributed by atoms with van der Waals surface area (Å²) in [6.07, 6.45) is 0.885. The highest BCUT2D eigenvalue weighted by molar-refractivity contribution is 5.94. The maximum Gasteiger partial charge on any atom is 0.253 e. The summed E-state index contributed by atoms with van der Waals surface area (Å²) in [6, 6.07) is 13.7. The third-order valence-corrected chi connectivity index (χ3v) is 5.07. The van der Waals surface area contributed by atoms with Crippen molar-refractivity contribution in [2.45, 2.75) is 19.9 Å². The van der Waals surface area contributed by atoms with Gasteiger partial charge >= 0.3 is 0 Å². The second-order valence-electron chi connectivity index (χ2n) is 7.31. The second kappa shape index (κ2) is 8.53. The summed E-state index contributed by atoms with van der Waals surface area (Å²) in [5.74, 6) is 0.743. The fourth-order valence-electron chi connectivity index (χ4n) is 3.52. The van der Waals surface area contributed by atoms with Crippen molar-refractivity contribution in [3.8, 4) is 11.4 Å². The number of benzene rings is 2. The zero-order valence-corrected chi connectivity index (χ0v) is 16.3.